The molecule has 0 N–H and O–H groups in total. The molecule has 0 spiro atoms. The van der Waals surface area contributed by atoms with Crippen molar-refractivity contribution in [2.24, 2.45) is 0 Å². The van der Waals surface area contributed by atoms with Gasteiger partial charge in [0.1, 0.15) is 0 Å². The van der Waals surface area contributed by atoms with E-state index in [2.05, 4.69) is 4.57 Å². The summed E-state index contributed by atoms with van der Waals surface area (Å²) in [5.74, 6) is -0.663. The number of amides is 2. The number of para-hydroxylation sites is 1. The third-order valence-electron chi connectivity index (χ3n) is 6.14. The number of imide groups is 1. The summed E-state index contributed by atoms with van der Waals surface area (Å²) in [6.45, 7) is 2.79. The maximum absolute atomic E-state index is 13.1. The van der Waals surface area contributed by atoms with E-state index in [0.29, 0.717) is 17.0 Å². The van der Waals surface area contributed by atoms with E-state index in [0.717, 1.165) is 44.9 Å². The largest absolute Gasteiger partial charge is 0.465 e. The molecule has 0 saturated carbocycles. The number of fused-ring (bicyclic) bond motifs is 1. The van der Waals surface area contributed by atoms with Gasteiger partial charge in [0.15, 0.2) is 0 Å². The van der Waals surface area contributed by atoms with Crippen molar-refractivity contribution in [2.75, 3.05) is 7.11 Å². The fourth-order valence-corrected chi connectivity index (χ4v) is 5.11. The van der Waals surface area contributed by atoms with Gasteiger partial charge in [-0.2, -0.15) is 0 Å². The number of hydrogen-bond donors (Lipinski definition) is 0. The molecule has 0 unspecified atom stereocenters. The first kappa shape index (κ1) is 23.6. The Hall–Kier alpha value is -4.10. The Kier molecular flexibility index (Phi) is 6.48. The minimum absolute atomic E-state index is 0.251. The normalized spacial score (nSPS) is 14.7. The first-order chi connectivity index (χ1) is 17.4. The number of carbonyl (C=O) groups excluding carboxylic acids is 3. The van der Waals surface area contributed by atoms with Crippen LogP contribution in [0.1, 0.15) is 32.6 Å². The molecule has 0 radical (unpaired) electrons. The molecule has 2 heterocycles. The summed E-state index contributed by atoms with van der Waals surface area (Å²) in [6.07, 6.45) is 3.77. The van der Waals surface area contributed by atoms with Crippen LogP contribution in [0.4, 0.5) is 4.79 Å². The molecule has 6 nitrogen and oxygen atoms in total. The number of aryl methyl sites for hydroxylation is 1. The fraction of sp³-hybridized carbons (Fsp3) is 0.138. The summed E-state index contributed by atoms with van der Waals surface area (Å²) in [6, 6.07) is 23.1. The second-order valence-corrected chi connectivity index (χ2v) is 9.67. The molecule has 0 bridgehead atoms. The van der Waals surface area contributed by atoms with Crippen molar-refractivity contribution in [1.82, 2.24) is 9.47 Å². The van der Waals surface area contributed by atoms with Gasteiger partial charge in [-0.05, 0) is 54.1 Å². The molecule has 3 aromatic carbocycles. The van der Waals surface area contributed by atoms with Crippen LogP contribution < -0.4 is 0 Å². The van der Waals surface area contributed by atoms with Gasteiger partial charge in [0.25, 0.3) is 11.1 Å². The first-order valence-electron chi connectivity index (χ1n) is 11.5. The summed E-state index contributed by atoms with van der Waals surface area (Å²) in [5, 5.41) is 0.710. The van der Waals surface area contributed by atoms with E-state index in [1.165, 1.54) is 12.0 Å². The van der Waals surface area contributed by atoms with Gasteiger partial charge in [0, 0.05) is 29.2 Å². The molecular formula is C29H24N2O4S. The Bertz CT molecular complexity index is 1520. The Morgan fingerprint density at radius 2 is 1.72 bits per heavy atom. The number of nitrogens with zero attached hydrogens (tertiary/aromatic N) is 2. The van der Waals surface area contributed by atoms with Gasteiger partial charge in [0.2, 0.25) is 0 Å². The minimum atomic E-state index is -0.378. The molecule has 1 aliphatic heterocycles. The minimum Gasteiger partial charge on any atom is -0.465 e. The lowest BCUT2D eigenvalue weighted by Crippen LogP contribution is -2.27. The van der Waals surface area contributed by atoms with Crippen molar-refractivity contribution in [3.8, 4) is 0 Å². The lowest BCUT2D eigenvalue weighted by molar-refractivity contribution is -0.123. The Balaban J connectivity index is 1.44. The number of rotatable bonds is 6. The van der Waals surface area contributed by atoms with Crippen LogP contribution in [-0.4, -0.2) is 33.7 Å². The summed E-state index contributed by atoms with van der Waals surface area (Å²) < 4.78 is 6.92. The van der Waals surface area contributed by atoms with Gasteiger partial charge < -0.3 is 9.30 Å². The second-order valence-electron chi connectivity index (χ2n) is 8.67. The molecule has 4 aromatic rings. The van der Waals surface area contributed by atoms with Gasteiger partial charge in [-0.1, -0.05) is 60.2 Å². The second kappa shape index (κ2) is 9.87. The molecular weight excluding hydrogens is 472 g/mol. The number of ether oxygens (including phenoxy) is 1. The monoisotopic (exact) mass is 496 g/mol. The maximum Gasteiger partial charge on any atom is 0.337 e. The molecule has 180 valence electrons. The van der Waals surface area contributed by atoms with Gasteiger partial charge >= 0.3 is 5.97 Å². The zero-order valence-electron chi connectivity index (χ0n) is 19.9. The van der Waals surface area contributed by atoms with Gasteiger partial charge in [-0.15, -0.1) is 0 Å². The number of hydrogen-bond acceptors (Lipinski definition) is 5. The zero-order chi connectivity index (χ0) is 25.2. The Morgan fingerprint density at radius 3 is 2.50 bits per heavy atom. The average Bonchev–Trinajstić information content (AvgIpc) is 3.36. The van der Waals surface area contributed by atoms with Crippen LogP contribution in [0.25, 0.3) is 17.0 Å². The highest BCUT2D eigenvalue weighted by molar-refractivity contribution is 8.18. The van der Waals surface area contributed by atoms with E-state index in [-0.39, 0.29) is 23.7 Å². The molecule has 7 heteroatoms. The summed E-state index contributed by atoms with van der Waals surface area (Å²) in [5.41, 5.74) is 5.33. The highest BCUT2D eigenvalue weighted by Crippen LogP contribution is 2.35. The molecule has 1 saturated heterocycles. The highest BCUT2D eigenvalue weighted by atomic mass is 32.2. The Morgan fingerprint density at radius 1 is 0.944 bits per heavy atom. The molecule has 0 aliphatic carbocycles. The molecule has 0 atom stereocenters. The standard InChI is InChI=1S/C29H24N2O4S/c1-19-10-12-20(13-11-19)17-31-27(32)26(36-29(31)34)15-23-18-30(25-9-4-3-8-24(23)25)16-21-6-5-7-22(14-21)28(33)35-2/h3-15,18H,16-17H2,1-2H3. The van der Waals surface area contributed by atoms with Crippen molar-refractivity contribution in [2.45, 2.75) is 20.0 Å². The Labute approximate surface area is 213 Å². The lowest BCUT2D eigenvalue weighted by atomic mass is 10.1. The average molecular weight is 497 g/mol. The molecule has 1 aromatic heterocycles. The van der Waals surface area contributed by atoms with Crippen LogP contribution in [0.5, 0.6) is 0 Å². The topological polar surface area (TPSA) is 68.6 Å². The zero-order valence-corrected chi connectivity index (χ0v) is 20.7. The van der Waals surface area contributed by atoms with Crippen LogP contribution in [0, 0.1) is 6.92 Å². The SMILES string of the molecule is COC(=O)c1cccc(Cn2cc(C=C3SC(=O)N(Cc4ccc(C)cc4)C3=O)c3ccccc32)c1. The maximum atomic E-state index is 13.1. The molecule has 1 aliphatic rings. The number of benzene rings is 3. The lowest BCUT2D eigenvalue weighted by Gasteiger charge is -2.12. The van der Waals surface area contributed by atoms with E-state index in [1.54, 1.807) is 12.1 Å². The van der Waals surface area contributed by atoms with E-state index in [4.69, 9.17) is 4.74 Å². The third kappa shape index (κ3) is 4.70. The number of esters is 1. The van der Waals surface area contributed by atoms with Crippen molar-refractivity contribution in [3.63, 3.8) is 0 Å². The predicted octanol–water partition coefficient (Wildman–Crippen LogP) is 6.02. The number of aromatic nitrogens is 1. The van der Waals surface area contributed by atoms with Gasteiger partial charge in [-0.25, -0.2) is 4.79 Å². The van der Waals surface area contributed by atoms with E-state index >= 15 is 0 Å². The van der Waals surface area contributed by atoms with Crippen LogP contribution in [0.2, 0.25) is 0 Å². The van der Waals surface area contributed by atoms with Crippen LogP contribution in [0.3, 0.4) is 0 Å². The van der Waals surface area contributed by atoms with Gasteiger partial charge in [0.05, 0.1) is 24.1 Å². The van der Waals surface area contributed by atoms with Crippen molar-refractivity contribution in [1.29, 1.82) is 0 Å². The number of thioether (sulfide) groups is 1. The smallest absolute Gasteiger partial charge is 0.337 e. The van der Waals surface area contributed by atoms with Gasteiger partial charge in [-0.3, -0.25) is 14.5 Å². The van der Waals surface area contributed by atoms with E-state index in [1.807, 2.05) is 79.9 Å². The summed E-state index contributed by atoms with van der Waals surface area (Å²) in [4.78, 5) is 39.4. The van der Waals surface area contributed by atoms with Crippen LogP contribution in [0.15, 0.2) is 83.9 Å². The van der Waals surface area contributed by atoms with Crippen LogP contribution in [-0.2, 0) is 22.6 Å². The van der Waals surface area contributed by atoms with Crippen molar-refractivity contribution < 1.29 is 19.1 Å². The highest BCUT2D eigenvalue weighted by Gasteiger charge is 2.35. The molecule has 1 fully saturated rings. The third-order valence-corrected chi connectivity index (χ3v) is 7.05. The molecule has 5 rings (SSSR count). The first-order valence-corrected chi connectivity index (χ1v) is 12.3. The molecule has 36 heavy (non-hydrogen) atoms. The van der Waals surface area contributed by atoms with E-state index < -0.39 is 0 Å². The number of methoxy groups -OCH3 is 1. The quantitative estimate of drug-likeness (QED) is 0.241. The van der Waals surface area contributed by atoms with Crippen LogP contribution >= 0.6 is 11.8 Å². The van der Waals surface area contributed by atoms with Crippen molar-refractivity contribution in [3.05, 3.63) is 112 Å². The van der Waals surface area contributed by atoms with E-state index in [9.17, 15) is 14.4 Å². The summed E-state index contributed by atoms with van der Waals surface area (Å²) >= 11 is 0.966. The van der Waals surface area contributed by atoms with Crippen molar-refractivity contribution >= 4 is 45.9 Å². The molecule has 2 amide bonds. The number of carbonyl (C=O) groups is 3. The summed E-state index contributed by atoms with van der Waals surface area (Å²) in [7, 11) is 1.36. The fourth-order valence-electron chi connectivity index (χ4n) is 4.29. The predicted molar refractivity (Wildman–Crippen MR) is 142 cm³/mol.